The average Bonchev–Trinajstić information content (AvgIpc) is 2.96. The molecular formula is C26H30ClN3O2. The molecule has 0 radical (unpaired) electrons. The minimum Gasteiger partial charge on any atom is -0.364 e. The van der Waals surface area contributed by atoms with Gasteiger partial charge in [-0.1, -0.05) is 36.7 Å². The van der Waals surface area contributed by atoms with Crippen molar-refractivity contribution in [1.82, 2.24) is 10.2 Å². The van der Waals surface area contributed by atoms with Crippen molar-refractivity contribution < 1.29 is 9.59 Å². The highest BCUT2D eigenvalue weighted by Gasteiger charge is 2.38. The second-order valence-corrected chi connectivity index (χ2v) is 10.1. The fourth-order valence-electron chi connectivity index (χ4n) is 5.19. The molecule has 2 aliphatic rings. The second kappa shape index (κ2) is 8.28. The quantitative estimate of drug-likeness (QED) is 0.462. The molecule has 2 heterocycles. The standard InChI is InChI=1S/C26H30ClN3O2/c1-16(2)30-23-11-8-19(12-21(23)17(3)14-26(30,4)5)13-22-24(31)29(25(32)28-22)15-18-6-9-20(27)10-7-18/h6-13,16-17H,14-15H2,1-5H3,(H,28,32)/b22-13-. The van der Waals surface area contributed by atoms with Crippen LogP contribution in [0.5, 0.6) is 0 Å². The van der Waals surface area contributed by atoms with Gasteiger partial charge in [0.15, 0.2) is 0 Å². The van der Waals surface area contributed by atoms with Crippen LogP contribution >= 0.6 is 11.6 Å². The number of carbonyl (C=O) groups excluding carboxylic acids is 2. The van der Waals surface area contributed by atoms with Gasteiger partial charge in [0, 0.05) is 22.3 Å². The lowest BCUT2D eigenvalue weighted by atomic mass is 9.79. The van der Waals surface area contributed by atoms with Crippen molar-refractivity contribution >= 4 is 35.3 Å². The van der Waals surface area contributed by atoms with Gasteiger partial charge in [-0.3, -0.25) is 9.69 Å². The first-order valence-corrected chi connectivity index (χ1v) is 11.5. The average molecular weight is 452 g/mol. The highest BCUT2D eigenvalue weighted by Crippen LogP contribution is 2.44. The molecule has 1 unspecified atom stereocenters. The Balaban J connectivity index is 1.61. The summed E-state index contributed by atoms with van der Waals surface area (Å²) in [5.41, 5.74) is 4.67. The maximum Gasteiger partial charge on any atom is 0.329 e. The summed E-state index contributed by atoms with van der Waals surface area (Å²) >= 11 is 5.93. The maximum absolute atomic E-state index is 12.9. The van der Waals surface area contributed by atoms with Crippen LogP contribution < -0.4 is 10.2 Å². The zero-order valence-corrected chi connectivity index (χ0v) is 20.0. The van der Waals surface area contributed by atoms with Crippen LogP contribution in [0.15, 0.2) is 48.2 Å². The van der Waals surface area contributed by atoms with Crippen LogP contribution in [-0.4, -0.2) is 28.4 Å². The van der Waals surface area contributed by atoms with Gasteiger partial charge in [-0.05, 0) is 87.1 Å². The monoisotopic (exact) mass is 451 g/mol. The van der Waals surface area contributed by atoms with E-state index < -0.39 is 6.03 Å². The number of carbonyl (C=O) groups is 2. The number of benzene rings is 2. The Morgan fingerprint density at radius 3 is 2.50 bits per heavy atom. The number of nitrogens with zero attached hydrogens (tertiary/aromatic N) is 2. The van der Waals surface area contributed by atoms with Crippen molar-refractivity contribution in [2.45, 2.75) is 65.1 Å². The summed E-state index contributed by atoms with van der Waals surface area (Å²) in [5.74, 6) is 0.0873. The molecule has 1 saturated heterocycles. The molecule has 6 heteroatoms. The van der Waals surface area contributed by atoms with Gasteiger partial charge in [0.1, 0.15) is 5.70 Å². The number of hydrogen-bond acceptors (Lipinski definition) is 3. The highest BCUT2D eigenvalue weighted by atomic mass is 35.5. The third-order valence-corrected chi connectivity index (χ3v) is 6.60. The van der Waals surface area contributed by atoms with Crippen LogP contribution in [0.1, 0.15) is 63.6 Å². The number of anilines is 1. The molecule has 3 amide bonds. The van der Waals surface area contributed by atoms with Crippen molar-refractivity contribution in [3.8, 4) is 0 Å². The van der Waals surface area contributed by atoms with E-state index in [9.17, 15) is 9.59 Å². The molecule has 0 spiro atoms. The Morgan fingerprint density at radius 2 is 1.84 bits per heavy atom. The number of amides is 3. The molecule has 2 aliphatic heterocycles. The van der Waals surface area contributed by atoms with E-state index in [1.54, 1.807) is 18.2 Å². The van der Waals surface area contributed by atoms with E-state index in [1.165, 1.54) is 16.2 Å². The largest absolute Gasteiger partial charge is 0.364 e. The molecule has 0 aliphatic carbocycles. The maximum atomic E-state index is 12.9. The summed E-state index contributed by atoms with van der Waals surface area (Å²) in [4.78, 5) is 29.1. The van der Waals surface area contributed by atoms with Crippen LogP contribution in [0.4, 0.5) is 10.5 Å². The summed E-state index contributed by atoms with van der Waals surface area (Å²) in [6, 6.07) is 13.4. The first-order valence-electron chi connectivity index (χ1n) is 11.1. The van der Waals surface area contributed by atoms with Gasteiger partial charge >= 0.3 is 6.03 Å². The molecule has 5 nitrogen and oxygen atoms in total. The molecule has 168 valence electrons. The van der Waals surface area contributed by atoms with Gasteiger partial charge in [-0.2, -0.15) is 0 Å². The van der Waals surface area contributed by atoms with Gasteiger partial charge in [0.25, 0.3) is 5.91 Å². The van der Waals surface area contributed by atoms with E-state index in [0.717, 1.165) is 17.5 Å². The molecular weight excluding hydrogens is 422 g/mol. The Hall–Kier alpha value is -2.79. The van der Waals surface area contributed by atoms with Gasteiger partial charge in [-0.25, -0.2) is 4.79 Å². The summed E-state index contributed by atoms with van der Waals surface area (Å²) in [7, 11) is 0. The summed E-state index contributed by atoms with van der Waals surface area (Å²) in [6.07, 6.45) is 2.83. The van der Waals surface area contributed by atoms with Crippen molar-refractivity contribution in [3.63, 3.8) is 0 Å². The zero-order valence-electron chi connectivity index (χ0n) is 19.3. The predicted octanol–water partition coefficient (Wildman–Crippen LogP) is 5.93. The SMILES string of the molecule is CC1CC(C)(C)N(C(C)C)c2ccc(/C=C3\NC(=O)N(Cc4ccc(Cl)cc4)C3=O)cc21. The van der Waals surface area contributed by atoms with Crippen molar-refractivity contribution in [1.29, 1.82) is 0 Å². The Morgan fingerprint density at radius 1 is 1.16 bits per heavy atom. The van der Waals surface area contributed by atoms with E-state index in [2.05, 4.69) is 57.0 Å². The molecule has 2 aromatic carbocycles. The summed E-state index contributed by atoms with van der Waals surface area (Å²) in [6.45, 7) is 11.5. The van der Waals surface area contributed by atoms with Gasteiger partial charge in [0.2, 0.25) is 0 Å². The lowest BCUT2D eigenvalue weighted by Gasteiger charge is -2.50. The number of nitrogens with one attached hydrogen (secondary N) is 1. The first-order chi connectivity index (χ1) is 15.1. The highest BCUT2D eigenvalue weighted by molar-refractivity contribution is 6.30. The van der Waals surface area contributed by atoms with Gasteiger partial charge in [0.05, 0.1) is 6.54 Å². The Bertz CT molecular complexity index is 1090. The van der Waals surface area contributed by atoms with E-state index in [-0.39, 0.29) is 18.0 Å². The molecule has 2 aromatic rings. The van der Waals surface area contributed by atoms with Gasteiger partial charge < -0.3 is 10.2 Å². The van der Waals surface area contributed by atoms with Crippen LogP contribution in [0.25, 0.3) is 6.08 Å². The molecule has 0 saturated carbocycles. The summed E-state index contributed by atoms with van der Waals surface area (Å²) in [5, 5.41) is 3.35. The topological polar surface area (TPSA) is 52.7 Å². The third kappa shape index (κ3) is 4.14. The number of urea groups is 1. The van der Waals surface area contributed by atoms with E-state index in [0.29, 0.717) is 22.7 Å². The predicted molar refractivity (Wildman–Crippen MR) is 130 cm³/mol. The summed E-state index contributed by atoms with van der Waals surface area (Å²) < 4.78 is 0. The molecule has 0 aromatic heterocycles. The first kappa shape index (κ1) is 22.4. The van der Waals surface area contributed by atoms with Crippen LogP contribution in [-0.2, 0) is 11.3 Å². The Kier molecular flexibility index (Phi) is 5.80. The van der Waals surface area contributed by atoms with Crippen LogP contribution in [0.2, 0.25) is 5.02 Å². The fourth-order valence-corrected chi connectivity index (χ4v) is 5.32. The van der Waals surface area contributed by atoms with E-state index in [4.69, 9.17) is 11.6 Å². The van der Waals surface area contributed by atoms with Crippen molar-refractivity contribution in [2.24, 2.45) is 0 Å². The third-order valence-electron chi connectivity index (χ3n) is 6.34. The van der Waals surface area contributed by atoms with Crippen LogP contribution in [0.3, 0.4) is 0 Å². The lowest BCUT2D eigenvalue weighted by molar-refractivity contribution is -0.123. The lowest BCUT2D eigenvalue weighted by Crippen LogP contribution is -2.51. The molecule has 32 heavy (non-hydrogen) atoms. The molecule has 4 rings (SSSR count). The minimum atomic E-state index is -0.407. The van der Waals surface area contributed by atoms with Crippen molar-refractivity contribution in [2.75, 3.05) is 4.90 Å². The Labute approximate surface area is 195 Å². The normalized spacial score (nSPS) is 21.3. The minimum absolute atomic E-state index is 0.0815. The van der Waals surface area contributed by atoms with E-state index in [1.807, 2.05) is 18.2 Å². The molecule has 1 fully saturated rings. The molecule has 1 atom stereocenters. The number of rotatable bonds is 4. The number of halogens is 1. The fraction of sp³-hybridized carbons (Fsp3) is 0.385. The van der Waals surface area contributed by atoms with Crippen LogP contribution in [0, 0.1) is 0 Å². The molecule has 1 N–H and O–H groups in total. The number of fused-ring (bicyclic) bond motifs is 1. The van der Waals surface area contributed by atoms with Gasteiger partial charge in [-0.15, -0.1) is 0 Å². The van der Waals surface area contributed by atoms with E-state index >= 15 is 0 Å². The smallest absolute Gasteiger partial charge is 0.329 e. The second-order valence-electron chi connectivity index (χ2n) is 9.71. The number of hydrogen-bond donors (Lipinski definition) is 1. The zero-order chi connectivity index (χ0) is 23.2. The van der Waals surface area contributed by atoms with Crippen molar-refractivity contribution in [3.05, 3.63) is 69.9 Å². The molecule has 0 bridgehead atoms. The number of imide groups is 1.